The summed E-state index contributed by atoms with van der Waals surface area (Å²) in [4.78, 5) is 4.03. The molecule has 1 aromatic rings. The second-order valence-electron chi connectivity index (χ2n) is 4.52. The van der Waals surface area contributed by atoms with Crippen LogP contribution in [-0.2, 0) is 6.54 Å². The molecule has 1 nitrogen and oxygen atoms in total. The van der Waals surface area contributed by atoms with Crippen LogP contribution in [0.2, 0.25) is 0 Å². The van der Waals surface area contributed by atoms with Crippen LogP contribution in [0, 0.1) is 0 Å². The summed E-state index contributed by atoms with van der Waals surface area (Å²) in [5.41, 5.74) is 0. The van der Waals surface area contributed by atoms with Crippen molar-refractivity contribution in [1.29, 1.82) is 0 Å². The van der Waals surface area contributed by atoms with Gasteiger partial charge in [-0.25, -0.2) is 0 Å². The van der Waals surface area contributed by atoms with Crippen molar-refractivity contribution in [3.8, 4) is 0 Å². The number of hydrogen-bond donors (Lipinski definition) is 0. The SMILES string of the molecule is CC1(C)CN(Cc2ccc(Br)s2)CCS1. The maximum absolute atomic E-state index is 3.52. The van der Waals surface area contributed by atoms with E-state index in [4.69, 9.17) is 0 Å². The molecule has 1 aliphatic heterocycles. The van der Waals surface area contributed by atoms with Gasteiger partial charge >= 0.3 is 0 Å². The summed E-state index contributed by atoms with van der Waals surface area (Å²) in [6.07, 6.45) is 0. The molecule has 1 fully saturated rings. The number of halogens is 1. The largest absolute Gasteiger partial charge is 0.296 e. The highest BCUT2D eigenvalue weighted by Gasteiger charge is 2.26. The summed E-state index contributed by atoms with van der Waals surface area (Å²) < 4.78 is 1.66. The van der Waals surface area contributed by atoms with Crippen molar-refractivity contribution in [3.63, 3.8) is 0 Å². The molecule has 1 aromatic heterocycles. The van der Waals surface area contributed by atoms with E-state index in [0.717, 1.165) is 6.54 Å². The second kappa shape index (κ2) is 4.78. The number of rotatable bonds is 2. The van der Waals surface area contributed by atoms with E-state index in [-0.39, 0.29) is 0 Å². The van der Waals surface area contributed by atoms with Gasteiger partial charge in [0, 0.05) is 35.0 Å². The first-order valence-corrected chi connectivity index (χ1v) is 7.75. The number of thioether (sulfide) groups is 1. The Bertz CT molecular complexity index is 335. The molecule has 4 heteroatoms. The number of hydrogen-bond acceptors (Lipinski definition) is 3. The van der Waals surface area contributed by atoms with Gasteiger partial charge in [0.15, 0.2) is 0 Å². The zero-order valence-corrected chi connectivity index (χ0v) is 12.3. The lowest BCUT2D eigenvalue weighted by molar-refractivity contribution is 0.254. The van der Waals surface area contributed by atoms with Crippen molar-refractivity contribution < 1.29 is 0 Å². The molecule has 0 radical (unpaired) electrons. The summed E-state index contributed by atoms with van der Waals surface area (Å²) in [6.45, 7) is 8.22. The van der Waals surface area contributed by atoms with Crippen LogP contribution in [0.15, 0.2) is 15.9 Å². The van der Waals surface area contributed by atoms with E-state index in [1.54, 1.807) is 0 Å². The van der Waals surface area contributed by atoms with Crippen LogP contribution in [0.3, 0.4) is 0 Å². The molecular weight excluding hydrogens is 290 g/mol. The molecule has 0 atom stereocenters. The molecule has 15 heavy (non-hydrogen) atoms. The Hall–Kier alpha value is 0.490. The highest BCUT2D eigenvalue weighted by molar-refractivity contribution is 9.11. The lowest BCUT2D eigenvalue weighted by Gasteiger charge is -2.37. The summed E-state index contributed by atoms with van der Waals surface area (Å²) in [6, 6.07) is 4.37. The van der Waals surface area contributed by atoms with E-state index in [2.05, 4.69) is 58.6 Å². The predicted molar refractivity (Wildman–Crippen MR) is 73.8 cm³/mol. The van der Waals surface area contributed by atoms with Gasteiger partial charge in [-0.2, -0.15) is 11.8 Å². The van der Waals surface area contributed by atoms with E-state index in [0.29, 0.717) is 4.75 Å². The summed E-state index contributed by atoms with van der Waals surface area (Å²) in [5.74, 6) is 1.26. The molecule has 0 spiro atoms. The fourth-order valence-corrected chi connectivity index (χ4v) is 4.61. The molecule has 2 rings (SSSR count). The first-order chi connectivity index (χ1) is 7.05. The quantitative estimate of drug-likeness (QED) is 0.817. The first kappa shape index (κ1) is 12.0. The average molecular weight is 306 g/mol. The molecule has 1 aliphatic rings. The molecule has 0 unspecified atom stereocenters. The topological polar surface area (TPSA) is 3.24 Å². The molecule has 0 aromatic carbocycles. The predicted octanol–water partition coefficient (Wildman–Crippen LogP) is 3.84. The molecule has 1 saturated heterocycles. The maximum atomic E-state index is 3.52. The van der Waals surface area contributed by atoms with Crippen LogP contribution in [0.25, 0.3) is 0 Å². The Kier molecular flexibility index (Phi) is 3.81. The van der Waals surface area contributed by atoms with Crippen molar-refractivity contribution in [2.75, 3.05) is 18.8 Å². The summed E-state index contributed by atoms with van der Waals surface area (Å²) >= 11 is 7.46. The fraction of sp³-hybridized carbons (Fsp3) is 0.636. The van der Waals surface area contributed by atoms with Gasteiger partial charge in [0.2, 0.25) is 0 Å². The van der Waals surface area contributed by atoms with Crippen LogP contribution < -0.4 is 0 Å². The van der Waals surface area contributed by atoms with Crippen molar-refractivity contribution >= 4 is 39.0 Å². The van der Waals surface area contributed by atoms with E-state index in [9.17, 15) is 0 Å². The van der Waals surface area contributed by atoms with Crippen molar-refractivity contribution in [2.45, 2.75) is 25.1 Å². The molecule has 2 heterocycles. The molecule has 0 amide bonds. The molecule has 0 N–H and O–H groups in total. The molecule has 0 aliphatic carbocycles. The number of thiophene rings is 1. The fourth-order valence-electron chi connectivity index (χ4n) is 1.91. The lowest BCUT2D eigenvalue weighted by atomic mass is 10.2. The van der Waals surface area contributed by atoms with Gasteiger partial charge in [-0.15, -0.1) is 11.3 Å². The Morgan fingerprint density at radius 3 is 2.87 bits per heavy atom. The van der Waals surface area contributed by atoms with E-state index >= 15 is 0 Å². The minimum atomic E-state index is 0.423. The molecular formula is C11H16BrNS2. The lowest BCUT2D eigenvalue weighted by Crippen LogP contribution is -2.42. The van der Waals surface area contributed by atoms with Crippen LogP contribution in [0.5, 0.6) is 0 Å². The summed E-state index contributed by atoms with van der Waals surface area (Å²) in [5, 5.41) is 0. The third kappa shape index (κ3) is 3.48. The minimum Gasteiger partial charge on any atom is -0.296 e. The monoisotopic (exact) mass is 305 g/mol. The van der Waals surface area contributed by atoms with Crippen LogP contribution >= 0.6 is 39.0 Å². The Balaban J connectivity index is 1.95. The van der Waals surface area contributed by atoms with Gasteiger partial charge < -0.3 is 0 Å². The highest BCUT2D eigenvalue weighted by atomic mass is 79.9. The van der Waals surface area contributed by atoms with Crippen LogP contribution in [0.1, 0.15) is 18.7 Å². The second-order valence-corrected chi connectivity index (χ2v) is 8.87. The summed E-state index contributed by atoms with van der Waals surface area (Å²) in [7, 11) is 0. The minimum absolute atomic E-state index is 0.423. The van der Waals surface area contributed by atoms with Crippen LogP contribution in [-0.4, -0.2) is 28.5 Å². The zero-order chi connectivity index (χ0) is 10.9. The molecule has 84 valence electrons. The Morgan fingerprint density at radius 1 is 1.47 bits per heavy atom. The molecule has 0 saturated carbocycles. The standard InChI is InChI=1S/C11H16BrNS2/c1-11(2)8-13(5-6-14-11)7-9-3-4-10(12)15-9/h3-4H,5-8H2,1-2H3. The van der Waals surface area contributed by atoms with Crippen molar-refractivity contribution in [1.82, 2.24) is 4.90 Å². The maximum Gasteiger partial charge on any atom is 0.0701 e. The zero-order valence-electron chi connectivity index (χ0n) is 9.12. The van der Waals surface area contributed by atoms with Crippen molar-refractivity contribution in [2.24, 2.45) is 0 Å². The van der Waals surface area contributed by atoms with Gasteiger partial charge in [-0.1, -0.05) is 0 Å². The molecule has 0 bridgehead atoms. The Labute approximate surface area is 108 Å². The first-order valence-electron chi connectivity index (χ1n) is 5.16. The average Bonchev–Trinajstić information content (AvgIpc) is 2.49. The normalized spacial score (nSPS) is 21.8. The van der Waals surface area contributed by atoms with Gasteiger partial charge in [0.05, 0.1) is 3.79 Å². The van der Waals surface area contributed by atoms with Gasteiger partial charge in [0.1, 0.15) is 0 Å². The smallest absolute Gasteiger partial charge is 0.0701 e. The van der Waals surface area contributed by atoms with Gasteiger partial charge in [-0.05, 0) is 41.9 Å². The van der Waals surface area contributed by atoms with E-state index < -0.39 is 0 Å². The van der Waals surface area contributed by atoms with E-state index in [1.807, 2.05) is 11.3 Å². The number of nitrogens with zero attached hydrogens (tertiary/aromatic N) is 1. The van der Waals surface area contributed by atoms with Crippen molar-refractivity contribution in [3.05, 3.63) is 20.8 Å². The van der Waals surface area contributed by atoms with E-state index in [1.165, 1.54) is 27.5 Å². The van der Waals surface area contributed by atoms with Gasteiger partial charge in [-0.3, -0.25) is 4.90 Å². The van der Waals surface area contributed by atoms with Crippen LogP contribution in [0.4, 0.5) is 0 Å². The third-order valence-corrected chi connectivity index (χ3v) is 5.42. The highest BCUT2D eigenvalue weighted by Crippen LogP contribution is 2.31. The Morgan fingerprint density at radius 2 is 2.27 bits per heavy atom. The van der Waals surface area contributed by atoms with Gasteiger partial charge in [0.25, 0.3) is 0 Å². The third-order valence-electron chi connectivity index (χ3n) is 2.51.